The number of nitrogens with one attached hydrogen (secondary N) is 2. The summed E-state index contributed by atoms with van der Waals surface area (Å²) in [5, 5.41) is 6.56. The van der Waals surface area contributed by atoms with E-state index in [1.165, 1.54) is 0 Å². The highest BCUT2D eigenvalue weighted by molar-refractivity contribution is 8.00. The Morgan fingerprint density at radius 2 is 2.78 bits per heavy atom. The molecule has 0 spiro atoms. The number of H-pyrrole nitrogens is 1. The van der Waals surface area contributed by atoms with Crippen molar-refractivity contribution in [1.29, 1.82) is 0 Å². The topological polar surface area (TPSA) is 40.7 Å². The Morgan fingerprint density at radius 1 is 1.89 bits per heavy atom. The van der Waals surface area contributed by atoms with Crippen molar-refractivity contribution in [2.24, 2.45) is 0 Å². The summed E-state index contributed by atoms with van der Waals surface area (Å²) in [4.78, 5) is 0. The zero-order valence-corrected chi connectivity index (χ0v) is 6.03. The molecule has 0 saturated carbocycles. The van der Waals surface area contributed by atoms with Gasteiger partial charge in [-0.1, -0.05) is 18.9 Å². The molecule has 0 atom stereocenters. The van der Waals surface area contributed by atoms with Gasteiger partial charge in [0, 0.05) is 11.8 Å². The number of nitrogens with zero attached hydrogens (tertiary/aromatic N) is 1. The molecular formula is C5H9N3S. The van der Waals surface area contributed by atoms with Crippen LogP contribution >= 0.6 is 11.9 Å². The molecule has 0 saturated heterocycles. The molecule has 9 heavy (non-hydrogen) atoms. The summed E-state index contributed by atoms with van der Waals surface area (Å²) in [7, 11) is 0. The van der Waals surface area contributed by atoms with E-state index in [4.69, 9.17) is 0 Å². The molecule has 0 aromatic carbocycles. The van der Waals surface area contributed by atoms with E-state index in [-0.39, 0.29) is 0 Å². The van der Waals surface area contributed by atoms with Crippen molar-refractivity contribution in [1.82, 2.24) is 10.2 Å². The lowest BCUT2D eigenvalue weighted by molar-refractivity contribution is 1.10. The van der Waals surface area contributed by atoms with Crippen molar-refractivity contribution in [3.63, 3.8) is 0 Å². The van der Waals surface area contributed by atoms with E-state index >= 15 is 0 Å². The average molecular weight is 143 g/mol. The Kier molecular flexibility index (Phi) is 2.45. The van der Waals surface area contributed by atoms with Gasteiger partial charge in [-0.25, -0.2) is 0 Å². The Balaban J connectivity index is 2.30. The van der Waals surface area contributed by atoms with Crippen LogP contribution in [0.2, 0.25) is 0 Å². The lowest BCUT2D eigenvalue weighted by atomic mass is 10.7. The van der Waals surface area contributed by atoms with Crippen LogP contribution in [0.4, 0.5) is 5.82 Å². The first kappa shape index (κ1) is 6.48. The standard InChI is InChI=1S/C5H9N3S/c1-2-9-8-5-3-4-6-7-5/h3-4H,2H2,1H3,(H2,6,7,8). The number of anilines is 1. The molecule has 0 unspecified atom stereocenters. The van der Waals surface area contributed by atoms with Gasteiger partial charge in [0.15, 0.2) is 0 Å². The number of aromatic nitrogens is 2. The lowest BCUT2D eigenvalue weighted by Crippen LogP contribution is -1.85. The predicted octanol–water partition coefficient (Wildman–Crippen LogP) is 1.49. The van der Waals surface area contributed by atoms with E-state index in [0.29, 0.717) is 0 Å². The Bertz CT molecular complexity index is 149. The van der Waals surface area contributed by atoms with E-state index in [9.17, 15) is 0 Å². The number of hydrogen-bond donors (Lipinski definition) is 2. The minimum absolute atomic E-state index is 0.960. The molecule has 3 nitrogen and oxygen atoms in total. The molecule has 0 aliphatic carbocycles. The predicted molar refractivity (Wildman–Crippen MR) is 40.3 cm³/mol. The summed E-state index contributed by atoms with van der Waals surface area (Å²) in [6, 6.07) is 1.89. The summed E-state index contributed by atoms with van der Waals surface area (Å²) in [6.07, 6.45) is 1.72. The summed E-state index contributed by atoms with van der Waals surface area (Å²) >= 11 is 1.64. The molecule has 0 aliphatic rings. The van der Waals surface area contributed by atoms with Gasteiger partial charge in [-0.05, 0) is 0 Å². The van der Waals surface area contributed by atoms with Crippen LogP contribution in [0, 0.1) is 0 Å². The Labute approximate surface area is 58.4 Å². The number of aromatic amines is 1. The van der Waals surface area contributed by atoms with E-state index in [0.717, 1.165) is 11.6 Å². The van der Waals surface area contributed by atoms with Crippen molar-refractivity contribution in [2.75, 3.05) is 10.5 Å². The van der Waals surface area contributed by atoms with Gasteiger partial charge in [0.2, 0.25) is 0 Å². The second-order valence-electron chi connectivity index (χ2n) is 1.51. The fraction of sp³-hybridized carbons (Fsp3) is 0.400. The molecule has 1 heterocycles. The van der Waals surface area contributed by atoms with Gasteiger partial charge in [-0.2, -0.15) is 5.10 Å². The van der Waals surface area contributed by atoms with Gasteiger partial charge in [-0.3, -0.25) is 5.10 Å². The van der Waals surface area contributed by atoms with Gasteiger partial charge in [0.25, 0.3) is 0 Å². The summed E-state index contributed by atoms with van der Waals surface area (Å²) in [5.41, 5.74) is 0. The lowest BCUT2D eigenvalue weighted by Gasteiger charge is -1.95. The molecule has 0 bridgehead atoms. The first-order valence-corrected chi connectivity index (χ1v) is 3.79. The third kappa shape index (κ3) is 1.97. The fourth-order valence-electron chi connectivity index (χ4n) is 0.463. The summed E-state index contributed by atoms with van der Waals surface area (Å²) < 4.78 is 3.07. The Morgan fingerprint density at radius 3 is 3.33 bits per heavy atom. The van der Waals surface area contributed by atoms with Gasteiger partial charge >= 0.3 is 0 Å². The van der Waals surface area contributed by atoms with Crippen LogP contribution in [-0.2, 0) is 0 Å². The van der Waals surface area contributed by atoms with E-state index < -0.39 is 0 Å². The highest BCUT2D eigenvalue weighted by atomic mass is 32.2. The van der Waals surface area contributed by atoms with Gasteiger partial charge in [0.1, 0.15) is 5.82 Å². The SMILES string of the molecule is CCSNc1ccn[nH]1. The van der Waals surface area contributed by atoms with Crippen LogP contribution in [0.3, 0.4) is 0 Å². The molecule has 0 amide bonds. The van der Waals surface area contributed by atoms with E-state index in [1.807, 2.05) is 6.07 Å². The Hall–Kier alpha value is -0.640. The minimum atomic E-state index is 0.960. The van der Waals surface area contributed by atoms with Gasteiger partial charge in [0.05, 0.1) is 6.20 Å². The largest absolute Gasteiger partial charge is 0.315 e. The van der Waals surface area contributed by atoms with Crippen molar-refractivity contribution in [2.45, 2.75) is 6.92 Å². The van der Waals surface area contributed by atoms with Crippen molar-refractivity contribution >= 4 is 17.8 Å². The molecule has 4 heteroatoms. The van der Waals surface area contributed by atoms with Crippen LogP contribution in [-0.4, -0.2) is 16.0 Å². The molecule has 1 aromatic rings. The van der Waals surface area contributed by atoms with Crippen LogP contribution in [0.15, 0.2) is 12.3 Å². The number of hydrogen-bond acceptors (Lipinski definition) is 3. The third-order valence-corrected chi connectivity index (χ3v) is 1.48. The second kappa shape index (κ2) is 3.40. The molecule has 2 N–H and O–H groups in total. The van der Waals surface area contributed by atoms with Crippen molar-refractivity contribution in [3.05, 3.63) is 12.3 Å². The molecule has 50 valence electrons. The van der Waals surface area contributed by atoms with Crippen molar-refractivity contribution in [3.8, 4) is 0 Å². The monoisotopic (exact) mass is 143 g/mol. The molecule has 0 fully saturated rings. The quantitative estimate of drug-likeness (QED) is 0.630. The van der Waals surface area contributed by atoms with Crippen LogP contribution in [0.5, 0.6) is 0 Å². The number of rotatable bonds is 3. The first-order valence-electron chi connectivity index (χ1n) is 2.80. The zero-order valence-electron chi connectivity index (χ0n) is 5.22. The second-order valence-corrected chi connectivity index (χ2v) is 2.58. The van der Waals surface area contributed by atoms with Gasteiger partial charge in [-0.15, -0.1) is 0 Å². The first-order chi connectivity index (χ1) is 4.43. The molecule has 0 aliphatic heterocycles. The highest BCUT2D eigenvalue weighted by Crippen LogP contribution is 2.05. The third-order valence-electron chi connectivity index (χ3n) is 0.827. The smallest absolute Gasteiger partial charge is 0.131 e. The summed E-state index contributed by atoms with van der Waals surface area (Å²) in [5.74, 6) is 2.01. The van der Waals surface area contributed by atoms with Gasteiger partial charge < -0.3 is 4.72 Å². The molecule has 1 aromatic heterocycles. The average Bonchev–Trinajstić information content (AvgIpc) is 2.34. The van der Waals surface area contributed by atoms with Crippen LogP contribution in [0.1, 0.15) is 6.92 Å². The molecule has 1 rings (SSSR count). The fourth-order valence-corrected chi connectivity index (χ4v) is 0.876. The molecular weight excluding hydrogens is 134 g/mol. The van der Waals surface area contributed by atoms with Crippen molar-refractivity contribution < 1.29 is 0 Å². The minimum Gasteiger partial charge on any atom is -0.315 e. The van der Waals surface area contributed by atoms with Crippen LogP contribution in [0.25, 0.3) is 0 Å². The maximum absolute atomic E-state index is 3.77. The zero-order chi connectivity index (χ0) is 6.53. The summed E-state index contributed by atoms with van der Waals surface area (Å²) in [6.45, 7) is 2.09. The maximum atomic E-state index is 3.77. The van der Waals surface area contributed by atoms with E-state index in [2.05, 4.69) is 21.8 Å². The highest BCUT2D eigenvalue weighted by Gasteiger charge is 1.87. The molecule has 0 radical (unpaired) electrons. The maximum Gasteiger partial charge on any atom is 0.131 e. The normalized spacial score (nSPS) is 9.44. The van der Waals surface area contributed by atoms with E-state index in [1.54, 1.807) is 18.1 Å². The van der Waals surface area contributed by atoms with Crippen LogP contribution < -0.4 is 4.72 Å².